The van der Waals surface area contributed by atoms with Gasteiger partial charge in [0.1, 0.15) is 5.60 Å². The van der Waals surface area contributed by atoms with Crippen molar-refractivity contribution in [2.75, 3.05) is 5.32 Å². The molecule has 1 aromatic carbocycles. The first kappa shape index (κ1) is 16.2. The average Bonchev–Trinajstić information content (AvgIpc) is 2.96. The molecule has 6 heteroatoms. The summed E-state index contributed by atoms with van der Waals surface area (Å²) in [4.78, 5) is 22.2. The van der Waals surface area contributed by atoms with E-state index in [2.05, 4.69) is 33.5 Å². The van der Waals surface area contributed by atoms with Gasteiger partial charge in [-0.15, -0.1) is 0 Å². The molecule has 6 nitrogen and oxygen atoms in total. The molecule has 0 radical (unpaired) electrons. The van der Waals surface area contributed by atoms with E-state index in [0.29, 0.717) is 25.6 Å². The maximum atomic E-state index is 12.2. The van der Waals surface area contributed by atoms with Crippen molar-refractivity contribution in [3.05, 3.63) is 53.3 Å². The van der Waals surface area contributed by atoms with Crippen LogP contribution >= 0.6 is 0 Å². The minimum atomic E-state index is -0.476. The Hall–Kier alpha value is -2.63. The van der Waals surface area contributed by atoms with Gasteiger partial charge in [0, 0.05) is 32.0 Å². The van der Waals surface area contributed by atoms with Crippen LogP contribution in [0, 0.1) is 0 Å². The van der Waals surface area contributed by atoms with Crippen LogP contribution < -0.4 is 5.32 Å². The number of aromatic nitrogens is 2. The van der Waals surface area contributed by atoms with Crippen LogP contribution in [0.2, 0.25) is 0 Å². The molecular weight excluding hydrogens is 304 g/mol. The molecule has 0 saturated carbocycles. The van der Waals surface area contributed by atoms with Crippen molar-refractivity contribution in [1.82, 2.24) is 14.9 Å². The fraction of sp³-hybridized carbons (Fsp3) is 0.389. The van der Waals surface area contributed by atoms with Crippen molar-refractivity contribution in [3.8, 4) is 0 Å². The van der Waals surface area contributed by atoms with Gasteiger partial charge in [0.05, 0.1) is 0 Å². The third-order valence-electron chi connectivity index (χ3n) is 3.66. The number of carbonyl (C=O) groups is 1. The lowest BCUT2D eigenvalue weighted by atomic mass is 10.1. The van der Waals surface area contributed by atoms with E-state index in [1.165, 1.54) is 5.56 Å². The van der Waals surface area contributed by atoms with Gasteiger partial charge in [0.25, 0.3) is 0 Å². The SMILES string of the molecule is CC(C)(C)OC(=O)N1Cc2ccc(CNc3ncccn3)cc2C1. The highest BCUT2D eigenvalue weighted by Crippen LogP contribution is 2.25. The summed E-state index contributed by atoms with van der Waals surface area (Å²) in [7, 11) is 0. The monoisotopic (exact) mass is 326 g/mol. The van der Waals surface area contributed by atoms with E-state index < -0.39 is 5.60 Å². The summed E-state index contributed by atoms with van der Waals surface area (Å²) in [6.45, 7) is 7.46. The van der Waals surface area contributed by atoms with Gasteiger partial charge in [0.2, 0.25) is 5.95 Å². The highest BCUT2D eigenvalue weighted by atomic mass is 16.6. The molecule has 0 bridgehead atoms. The van der Waals surface area contributed by atoms with Crippen LogP contribution in [0.3, 0.4) is 0 Å². The highest BCUT2D eigenvalue weighted by Gasteiger charge is 2.27. The number of rotatable bonds is 3. The molecule has 2 heterocycles. The predicted molar refractivity (Wildman–Crippen MR) is 91.3 cm³/mol. The fourth-order valence-electron chi connectivity index (χ4n) is 2.58. The van der Waals surface area contributed by atoms with E-state index in [0.717, 1.165) is 11.1 Å². The third-order valence-corrected chi connectivity index (χ3v) is 3.66. The minimum absolute atomic E-state index is 0.268. The molecule has 0 aliphatic carbocycles. The number of nitrogens with one attached hydrogen (secondary N) is 1. The number of nitrogens with zero attached hydrogens (tertiary/aromatic N) is 3. The number of ether oxygens (including phenoxy) is 1. The van der Waals surface area contributed by atoms with Crippen LogP contribution in [0.4, 0.5) is 10.7 Å². The quantitative estimate of drug-likeness (QED) is 0.937. The van der Waals surface area contributed by atoms with Crippen LogP contribution in [0.5, 0.6) is 0 Å². The van der Waals surface area contributed by atoms with Crippen LogP contribution in [0.1, 0.15) is 37.5 Å². The zero-order valence-electron chi connectivity index (χ0n) is 14.2. The van der Waals surface area contributed by atoms with Crippen molar-refractivity contribution < 1.29 is 9.53 Å². The summed E-state index contributed by atoms with van der Waals surface area (Å²) in [5.74, 6) is 0.605. The number of benzene rings is 1. The van der Waals surface area contributed by atoms with Crippen molar-refractivity contribution in [2.24, 2.45) is 0 Å². The Bertz CT molecular complexity index is 726. The lowest BCUT2D eigenvalue weighted by Gasteiger charge is -2.24. The molecule has 126 valence electrons. The molecule has 1 amide bonds. The topological polar surface area (TPSA) is 67.3 Å². The van der Waals surface area contributed by atoms with E-state index >= 15 is 0 Å². The molecule has 0 saturated heterocycles. The number of fused-ring (bicyclic) bond motifs is 1. The van der Waals surface area contributed by atoms with E-state index in [9.17, 15) is 4.79 Å². The molecule has 2 aromatic rings. The zero-order chi connectivity index (χ0) is 17.2. The van der Waals surface area contributed by atoms with Crippen LogP contribution in [-0.4, -0.2) is 26.6 Å². The van der Waals surface area contributed by atoms with Crippen LogP contribution in [0.25, 0.3) is 0 Å². The Labute approximate surface area is 141 Å². The highest BCUT2D eigenvalue weighted by molar-refractivity contribution is 5.69. The number of amides is 1. The molecular formula is C18H22N4O2. The van der Waals surface area contributed by atoms with Gasteiger partial charge in [-0.2, -0.15) is 0 Å². The number of carbonyl (C=O) groups excluding carboxylic acids is 1. The Kier molecular flexibility index (Phi) is 4.38. The van der Waals surface area contributed by atoms with Crippen molar-refractivity contribution in [1.29, 1.82) is 0 Å². The van der Waals surface area contributed by atoms with Crippen molar-refractivity contribution in [3.63, 3.8) is 0 Å². The van der Waals surface area contributed by atoms with Gasteiger partial charge in [-0.1, -0.05) is 18.2 Å². The molecule has 3 rings (SSSR count). The van der Waals surface area contributed by atoms with E-state index in [-0.39, 0.29) is 6.09 Å². The predicted octanol–water partition coefficient (Wildman–Crippen LogP) is 3.34. The second kappa shape index (κ2) is 6.47. The summed E-state index contributed by atoms with van der Waals surface area (Å²) in [5.41, 5.74) is 2.98. The maximum absolute atomic E-state index is 12.2. The van der Waals surface area contributed by atoms with Crippen molar-refractivity contribution >= 4 is 12.0 Å². The number of hydrogen-bond donors (Lipinski definition) is 1. The molecule has 0 fully saturated rings. The van der Waals surface area contributed by atoms with Crippen LogP contribution in [0.15, 0.2) is 36.7 Å². The first-order valence-corrected chi connectivity index (χ1v) is 8.00. The van der Waals surface area contributed by atoms with Gasteiger partial charge in [-0.3, -0.25) is 4.90 Å². The number of anilines is 1. The molecule has 1 N–H and O–H groups in total. The Morgan fingerprint density at radius 1 is 1.21 bits per heavy atom. The zero-order valence-corrected chi connectivity index (χ0v) is 14.2. The molecule has 1 aliphatic rings. The van der Waals surface area contributed by atoms with E-state index in [4.69, 9.17) is 4.74 Å². The van der Waals surface area contributed by atoms with Gasteiger partial charge in [0.15, 0.2) is 0 Å². The maximum Gasteiger partial charge on any atom is 0.410 e. The second-order valence-corrected chi connectivity index (χ2v) is 6.87. The standard InChI is InChI=1S/C18H22N4O2/c1-18(2,3)24-17(23)22-11-14-6-5-13(9-15(14)12-22)10-21-16-19-7-4-8-20-16/h4-9H,10-12H2,1-3H3,(H,19,20,21). The lowest BCUT2D eigenvalue weighted by Crippen LogP contribution is -2.33. The number of hydrogen-bond acceptors (Lipinski definition) is 5. The first-order valence-electron chi connectivity index (χ1n) is 8.00. The first-order chi connectivity index (χ1) is 11.4. The van der Waals surface area contributed by atoms with Gasteiger partial charge in [-0.05, 0) is 43.5 Å². The summed E-state index contributed by atoms with van der Waals surface area (Å²) in [6.07, 6.45) is 3.14. The molecule has 1 aromatic heterocycles. The Morgan fingerprint density at radius 2 is 1.92 bits per heavy atom. The van der Waals surface area contributed by atoms with Gasteiger partial charge >= 0.3 is 6.09 Å². The molecule has 24 heavy (non-hydrogen) atoms. The fourth-order valence-corrected chi connectivity index (χ4v) is 2.58. The second-order valence-electron chi connectivity index (χ2n) is 6.87. The van der Waals surface area contributed by atoms with Crippen molar-refractivity contribution in [2.45, 2.75) is 46.0 Å². The smallest absolute Gasteiger partial charge is 0.410 e. The third kappa shape index (κ3) is 4.01. The molecule has 0 unspecified atom stereocenters. The van der Waals surface area contributed by atoms with E-state index in [1.807, 2.05) is 20.8 Å². The summed E-state index contributed by atoms with van der Waals surface area (Å²) in [5, 5.41) is 3.19. The molecule has 1 aliphatic heterocycles. The largest absolute Gasteiger partial charge is 0.444 e. The van der Waals surface area contributed by atoms with Gasteiger partial charge in [-0.25, -0.2) is 14.8 Å². The minimum Gasteiger partial charge on any atom is -0.444 e. The lowest BCUT2D eigenvalue weighted by molar-refractivity contribution is 0.0242. The average molecular weight is 326 g/mol. The molecule has 0 atom stereocenters. The van der Waals surface area contributed by atoms with Gasteiger partial charge < -0.3 is 10.1 Å². The Balaban J connectivity index is 1.62. The van der Waals surface area contributed by atoms with E-state index in [1.54, 1.807) is 23.4 Å². The molecule has 0 spiro atoms. The summed E-state index contributed by atoms with van der Waals surface area (Å²) in [6, 6.07) is 8.04. The normalized spacial score (nSPS) is 13.5. The summed E-state index contributed by atoms with van der Waals surface area (Å²) >= 11 is 0. The Morgan fingerprint density at radius 3 is 2.62 bits per heavy atom. The summed E-state index contributed by atoms with van der Waals surface area (Å²) < 4.78 is 5.45. The van der Waals surface area contributed by atoms with Crippen LogP contribution in [-0.2, 0) is 24.4 Å².